The Labute approximate surface area is 145 Å². The molecule has 1 aromatic heterocycles. The summed E-state index contributed by atoms with van der Waals surface area (Å²) >= 11 is 16.6. The zero-order chi connectivity index (χ0) is 15.6. The molecule has 0 aliphatic heterocycles. The van der Waals surface area contributed by atoms with Crippen molar-refractivity contribution in [3.63, 3.8) is 0 Å². The number of nitrogens with zero attached hydrogens (tertiary/aromatic N) is 1. The molecule has 1 unspecified atom stereocenters. The predicted octanol–water partition coefficient (Wildman–Crippen LogP) is 5.47. The highest BCUT2D eigenvalue weighted by atomic mass is 79.9. The second-order valence-corrected chi connectivity index (χ2v) is 7.46. The number of hydrogen-bond acceptors (Lipinski definition) is 3. The second kappa shape index (κ2) is 7.09. The third kappa shape index (κ3) is 4.19. The quantitative estimate of drug-likeness (QED) is 0.682. The van der Waals surface area contributed by atoms with Crippen molar-refractivity contribution in [3.8, 4) is 11.3 Å². The molecule has 0 aliphatic rings. The third-order valence-electron chi connectivity index (χ3n) is 2.79. The molecule has 1 amide bonds. The summed E-state index contributed by atoms with van der Waals surface area (Å²) in [6.07, 6.45) is 0. The fraction of sp³-hybridized carbons (Fsp3) is 0.286. The normalized spacial score (nSPS) is 12.5. The fourth-order valence-corrected chi connectivity index (χ4v) is 2.73. The molecular weight excluding hydrogens is 395 g/mol. The number of amides is 1. The molecule has 112 valence electrons. The van der Waals surface area contributed by atoms with Crippen LogP contribution in [0.5, 0.6) is 0 Å². The van der Waals surface area contributed by atoms with E-state index in [1.54, 1.807) is 12.1 Å². The van der Waals surface area contributed by atoms with E-state index in [4.69, 9.17) is 23.2 Å². The monoisotopic (exact) mass is 406 g/mol. The van der Waals surface area contributed by atoms with Gasteiger partial charge in [0.15, 0.2) is 5.13 Å². The summed E-state index contributed by atoms with van der Waals surface area (Å²) in [7, 11) is 0. The van der Waals surface area contributed by atoms with Crippen LogP contribution >= 0.6 is 50.5 Å². The van der Waals surface area contributed by atoms with Gasteiger partial charge in [0.05, 0.1) is 20.6 Å². The predicted molar refractivity (Wildman–Crippen MR) is 93.8 cm³/mol. The van der Waals surface area contributed by atoms with Crippen molar-refractivity contribution >= 4 is 61.5 Å². The lowest BCUT2D eigenvalue weighted by molar-refractivity contribution is -0.116. The first kappa shape index (κ1) is 16.7. The average molecular weight is 408 g/mol. The molecule has 7 heteroatoms. The number of hydrogen-bond donors (Lipinski definition) is 1. The van der Waals surface area contributed by atoms with Crippen LogP contribution in [-0.2, 0) is 4.79 Å². The summed E-state index contributed by atoms with van der Waals surface area (Å²) < 4.78 is 0. The van der Waals surface area contributed by atoms with Gasteiger partial charge >= 0.3 is 0 Å². The highest BCUT2D eigenvalue weighted by molar-refractivity contribution is 9.10. The minimum Gasteiger partial charge on any atom is -0.301 e. The van der Waals surface area contributed by atoms with E-state index in [2.05, 4.69) is 26.2 Å². The number of thiazole rings is 1. The maximum Gasteiger partial charge on any atom is 0.240 e. The number of nitrogens with one attached hydrogen (secondary N) is 1. The van der Waals surface area contributed by atoms with Gasteiger partial charge in [0.2, 0.25) is 5.91 Å². The Morgan fingerprint density at radius 2 is 2.05 bits per heavy atom. The van der Waals surface area contributed by atoms with E-state index in [1.807, 2.05) is 25.3 Å². The van der Waals surface area contributed by atoms with Crippen molar-refractivity contribution in [1.82, 2.24) is 4.98 Å². The Bertz CT molecular complexity index is 660. The molecule has 0 saturated heterocycles. The SMILES string of the molecule is CC(C)C(Br)C(=O)Nc1nc(-c2ccc(Cl)c(Cl)c2)cs1. The van der Waals surface area contributed by atoms with Gasteiger partial charge in [-0.25, -0.2) is 4.98 Å². The zero-order valence-electron chi connectivity index (χ0n) is 11.4. The number of rotatable bonds is 4. The lowest BCUT2D eigenvalue weighted by Gasteiger charge is -2.11. The molecule has 21 heavy (non-hydrogen) atoms. The van der Waals surface area contributed by atoms with E-state index in [1.165, 1.54) is 11.3 Å². The molecule has 0 saturated carbocycles. The van der Waals surface area contributed by atoms with Gasteiger partial charge in [0.25, 0.3) is 0 Å². The van der Waals surface area contributed by atoms with E-state index in [-0.39, 0.29) is 16.7 Å². The van der Waals surface area contributed by atoms with Crippen LogP contribution in [0.2, 0.25) is 10.0 Å². The van der Waals surface area contributed by atoms with Gasteiger partial charge in [-0.05, 0) is 18.1 Å². The van der Waals surface area contributed by atoms with Crippen LogP contribution in [0, 0.1) is 5.92 Å². The lowest BCUT2D eigenvalue weighted by atomic mass is 10.1. The van der Waals surface area contributed by atoms with Crippen molar-refractivity contribution < 1.29 is 4.79 Å². The Morgan fingerprint density at radius 3 is 2.67 bits per heavy atom. The van der Waals surface area contributed by atoms with E-state index < -0.39 is 0 Å². The molecule has 0 radical (unpaired) electrons. The molecule has 2 aromatic rings. The third-order valence-corrected chi connectivity index (χ3v) is 5.76. The molecule has 0 bridgehead atoms. The Balaban J connectivity index is 2.14. The first-order chi connectivity index (χ1) is 9.88. The standard InChI is InChI=1S/C14H13BrCl2N2OS/c1-7(2)12(15)13(20)19-14-18-11(6-21-14)8-3-4-9(16)10(17)5-8/h3-7,12H,1-2H3,(H,18,19,20). The molecule has 0 fully saturated rings. The average Bonchev–Trinajstić information content (AvgIpc) is 2.89. The van der Waals surface area contributed by atoms with Crippen LogP contribution in [0.15, 0.2) is 23.6 Å². The van der Waals surface area contributed by atoms with Crippen molar-refractivity contribution in [2.24, 2.45) is 5.92 Å². The number of carbonyl (C=O) groups excluding carboxylic acids is 1. The minimum atomic E-state index is -0.241. The summed E-state index contributed by atoms with van der Waals surface area (Å²) in [5.41, 5.74) is 1.62. The van der Waals surface area contributed by atoms with E-state index >= 15 is 0 Å². The van der Waals surface area contributed by atoms with Crippen molar-refractivity contribution in [2.75, 3.05) is 5.32 Å². The van der Waals surface area contributed by atoms with Gasteiger partial charge in [-0.3, -0.25) is 4.79 Å². The van der Waals surface area contributed by atoms with Crippen LogP contribution in [0.4, 0.5) is 5.13 Å². The lowest BCUT2D eigenvalue weighted by Crippen LogP contribution is -2.26. The van der Waals surface area contributed by atoms with Crippen LogP contribution in [0.3, 0.4) is 0 Å². The van der Waals surface area contributed by atoms with Gasteiger partial charge < -0.3 is 5.32 Å². The number of anilines is 1. The molecule has 1 N–H and O–H groups in total. The van der Waals surface area contributed by atoms with Gasteiger partial charge in [-0.1, -0.05) is 59.0 Å². The van der Waals surface area contributed by atoms with Gasteiger partial charge in [-0.2, -0.15) is 0 Å². The summed E-state index contributed by atoms with van der Waals surface area (Å²) in [6.45, 7) is 3.95. The Morgan fingerprint density at radius 1 is 1.33 bits per heavy atom. The summed E-state index contributed by atoms with van der Waals surface area (Å²) in [5.74, 6) is 0.111. The minimum absolute atomic E-state index is 0.0972. The van der Waals surface area contributed by atoms with Gasteiger partial charge in [-0.15, -0.1) is 11.3 Å². The van der Waals surface area contributed by atoms with E-state index in [9.17, 15) is 4.79 Å². The maximum absolute atomic E-state index is 12.0. The highest BCUT2D eigenvalue weighted by Crippen LogP contribution is 2.30. The molecule has 1 heterocycles. The zero-order valence-corrected chi connectivity index (χ0v) is 15.3. The van der Waals surface area contributed by atoms with Crippen molar-refractivity contribution in [1.29, 1.82) is 0 Å². The van der Waals surface area contributed by atoms with E-state index in [0.717, 1.165) is 11.3 Å². The smallest absolute Gasteiger partial charge is 0.240 e. The number of carbonyl (C=O) groups is 1. The Hall–Kier alpha value is -0.620. The highest BCUT2D eigenvalue weighted by Gasteiger charge is 2.19. The first-order valence-electron chi connectivity index (χ1n) is 6.24. The molecule has 1 aromatic carbocycles. The fourth-order valence-electron chi connectivity index (χ4n) is 1.60. The summed E-state index contributed by atoms with van der Waals surface area (Å²) in [5, 5.41) is 6.21. The maximum atomic E-state index is 12.0. The molecule has 2 rings (SSSR count). The summed E-state index contributed by atoms with van der Waals surface area (Å²) in [6, 6.07) is 5.33. The molecule has 1 atom stereocenters. The molecule has 3 nitrogen and oxygen atoms in total. The van der Waals surface area contributed by atoms with E-state index in [0.29, 0.717) is 15.2 Å². The first-order valence-corrected chi connectivity index (χ1v) is 8.79. The molecule has 0 aliphatic carbocycles. The van der Waals surface area contributed by atoms with Crippen LogP contribution in [0.1, 0.15) is 13.8 Å². The topological polar surface area (TPSA) is 42.0 Å². The molecular formula is C14H13BrCl2N2OS. The molecule has 0 spiro atoms. The van der Waals surface area contributed by atoms with Crippen LogP contribution in [-0.4, -0.2) is 15.7 Å². The second-order valence-electron chi connectivity index (χ2n) is 4.80. The van der Waals surface area contributed by atoms with Gasteiger partial charge in [0, 0.05) is 10.9 Å². The number of alkyl halides is 1. The number of halogens is 3. The van der Waals surface area contributed by atoms with Crippen molar-refractivity contribution in [2.45, 2.75) is 18.7 Å². The summed E-state index contributed by atoms with van der Waals surface area (Å²) in [4.78, 5) is 16.1. The largest absolute Gasteiger partial charge is 0.301 e. The number of aromatic nitrogens is 1. The van der Waals surface area contributed by atoms with Crippen LogP contribution in [0.25, 0.3) is 11.3 Å². The Kier molecular flexibility index (Phi) is 5.66. The number of benzene rings is 1. The van der Waals surface area contributed by atoms with Crippen LogP contribution < -0.4 is 5.32 Å². The van der Waals surface area contributed by atoms with Crippen molar-refractivity contribution in [3.05, 3.63) is 33.6 Å². The van der Waals surface area contributed by atoms with Gasteiger partial charge in [0.1, 0.15) is 0 Å².